The first kappa shape index (κ1) is 31.1. The molecule has 45 heavy (non-hydrogen) atoms. The minimum Gasteiger partial charge on any atom is -0.446 e. The van der Waals surface area contributed by atoms with E-state index in [4.69, 9.17) is 4.74 Å². The van der Waals surface area contributed by atoms with Crippen LogP contribution >= 0.6 is 0 Å². The van der Waals surface area contributed by atoms with E-state index in [2.05, 4.69) is 33.2 Å². The molecule has 1 aromatic heterocycles. The minimum atomic E-state index is -1.24. The van der Waals surface area contributed by atoms with E-state index in [-0.39, 0.29) is 24.5 Å². The second-order valence-electron chi connectivity index (χ2n) is 13.7. The molecular weight excluding hydrogens is 566 g/mol. The lowest BCUT2D eigenvalue weighted by Crippen LogP contribution is -2.60. The van der Waals surface area contributed by atoms with E-state index >= 15 is 0 Å². The number of carbonyl (C=O) groups is 3. The van der Waals surface area contributed by atoms with Crippen molar-refractivity contribution >= 4 is 34.5 Å². The van der Waals surface area contributed by atoms with Crippen molar-refractivity contribution in [2.45, 2.75) is 76.9 Å². The van der Waals surface area contributed by atoms with Gasteiger partial charge in [0.05, 0.1) is 6.54 Å². The summed E-state index contributed by atoms with van der Waals surface area (Å²) in [6, 6.07) is 15.6. The molecule has 7 rings (SSSR count). The number of hydrogen-bond acceptors (Lipinski definition) is 5. The van der Waals surface area contributed by atoms with Crippen molar-refractivity contribution in [2.75, 3.05) is 25.0 Å². The molecule has 9 nitrogen and oxygen atoms in total. The molecule has 3 aromatic rings. The molecule has 2 aromatic carbocycles. The zero-order valence-electron chi connectivity index (χ0n) is 26.5. The molecule has 4 aliphatic carbocycles. The van der Waals surface area contributed by atoms with Crippen LogP contribution in [0.3, 0.4) is 0 Å². The van der Waals surface area contributed by atoms with Gasteiger partial charge < -0.3 is 31.0 Å². The SMILES string of the molecule is CCCNCC(=O)Nc1ccccc1CCNC(=O)C(C)(Cc1c[nH]c2ccccc12)NC(=O)OC1C2CC3CC(C2)CC1C3. The second-order valence-corrected chi connectivity index (χ2v) is 13.7. The molecule has 4 bridgehead atoms. The summed E-state index contributed by atoms with van der Waals surface area (Å²) in [6.07, 6.45) is 9.03. The Morgan fingerprint density at radius 2 is 1.62 bits per heavy atom. The number of H-pyrrole nitrogens is 1. The van der Waals surface area contributed by atoms with Gasteiger partial charge in [0.25, 0.3) is 0 Å². The molecule has 4 fully saturated rings. The maximum Gasteiger partial charge on any atom is 0.408 e. The number of alkyl carbamates (subject to hydrolysis) is 1. The highest BCUT2D eigenvalue weighted by Gasteiger charge is 2.50. The Labute approximate surface area is 265 Å². The average molecular weight is 614 g/mol. The first-order valence-corrected chi connectivity index (χ1v) is 16.7. The van der Waals surface area contributed by atoms with Crippen LogP contribution in [0.25, 0.3) is 10.9 Å². The molecule has 4 aliphatic rings. The van der Waals surface area contributed by atoms with Crippen molar-refractivity contribution in [2.24, 2.45) is 23.7 Å². The molecule has 1 heterocycles. The Bertz CT molecular complexity index is 1490. The van der Waals surface area contributed by atoms with Crippen LogP contribution in [0, 0.1) is 23.7 Å². The van der Waals surface area contributed by atoms with Crippen molar-refractivity contribution in [1.82, 2.24) is 20.9 Å². The molecule has 0 radical (unpaired) electrons. The zero-order chi connectivity index (χ0) is 31.4. The molecular formula is C36H47N5O4. The van der Waals surface area contributed by atoms with Gasteiger partial charge in [-0.25, -0.2) is 4.79 Å². The topological polar surface area (TPSA) is 124 Å². The fourth-order valence-corrected chi connectivity index (χ4v) is 8.23. The smallest absolute Gasteiger partial charge is 0.408 e. The highest BCUT2D eigenvalue weighted by atomic mass is 16.6. The number of anilines is 1. The number of fused-ring (bicyclic) bond motifs is 1. The van der Waals surface area contributed by atoms with Crippen LogP contribution in [0.2, 0.25) is 0 Å². The van der Waals surface area contributed by atoms with Crippen LogP contribution in [-0.2, 0) is 27.2 Å². The maximum atomic E-state index is 13.9. The standard InChI is InChI=1S/C36H47N5O4/c1-3-13-37-22-32(42)40-30-10-6-4-8-25(30)12-14-38-34(43)36(2,20-28-21-39-31-11-7-5-9-29(28)31)41-35(44)45-33-26-16-23-15-24(18-26)19-27(33)17-23/h4-11,21,23-24,26-27,33,37,39H,3,12-20,22H2,1-2H3,(H,38,43)(H,40,42)(H,41,44). The van der Waals surface area contributed by atoms with E-state index in [1.807, 2.05) is 54.7 Å². The average Bonchev–Trinajstić information content (AvgIpc) is 3.41. The van der Waals surface area contributed by atoms with Gasteiger partial charge in [-0.2, -0.15) is 0 Å². The number of benzene rings is 2. The number of aromatic amines is 1. The number of ether oxygens (including phenoxy) is 1. The number of hydrogen-bond donors (Lipinski definition) is 5. The van der Waals surface area contributed by atoms with Crippen LogP contribution in [0.5, 0.6) is 0 Å². The fourth-order valence-electron chi connectivity index (χ4n) is 8.23. The normalized spacial score (nSPS) is 24.6. The van der Waals surface area contributed by atoms with Crippen LogP contribution in [0.4, 0.5) is 10.5 Å². The second kappa shape index (κ2) is 13.6. The van der Waals surface area contributed by atoms with Gasteiger partial charge >= 0.3 is 6.09 Å². The van der Waals surface area contributed by atoms with Gasteiger partial charge in [0.15, 0.2) is 0 Å². The number of rotatable bonds is 13. The van der Waals surface area contributed by atoms with Gasteiger partial charge in [0.2, 0.25) is 11.8 Å². The van der Waals surface area contributed by atoms with Gasteiger partial charge in [-0.1, -0.05) is 43.3 Å². The van der Waals surface area contributed by atoms with E-state index in [0.717, 1.165) is 78.2 Å². The highest BCUT2D eigenvalue weighted by molar-refractivity contribution is 5.93. The number of nitrogens with one attached hydrogen (secondary N) is 5. The van der Waals surface area contributed by atoms with Crippen molar-refractivity contribution in [3.05, 3.63) is 65.9 Å². The third-order valence-corrected chi connectivity index (χ3v) is 10.2. The van der Waals surface area contributed by atoms with Crippen LogP contribution in [-0.4, -0.2) is 54.2 Å². The molecule has 0 saturated heterocycles. The first-order chi connectivity index (χ1) is 21.8. The van der Waals surface area contributed by atoms with Gasteiger partial charge in [-0.3, -0.25) is 9.59 Å². The summed E-state index contributed by atoms with van der Waals surface area (Å²) in [5, 5.41) is 13.2. The Morgan fingerprint density at radius 1 is 0.911 bits per heavy atom. The summed E-state index contributed by atoms with van der Waals surface area (Å²) in [5.41, 5.74) is 2.34. The van der Waals surface area contributed by atoms with Gasteiger partial charge in [-0.05, 0) is 105 Å². The van der Waals surface area contributed by atoms with E-state index in [1.165, 1.54) is 6.42 Å². The zero-order valence-corrected chi connectivity index (χ0v) is 26.5. The van der Waals surface area contributed by atoms with Gasteiger partial charge in [-0.15, -0.1) is 0 Å². The largest absolute Gasteiger partial charge is 0.446 e. The maximum absolute atomic E-state index is 13.9. The number of carbonyl (C=O) groups excluding carboxylic acids is 3. The Balaban J connectivity index is 1.13. The molecule has 0 spiro atoms. The molecule has 1 unspecified atom stereocenters. The lowest BCUT2D eigenvalue weighted by Gasteiger charge is -2.53. The van der Waals surface area contributed by atoms with Crippen molar-refractivity contribution in [3.63, 3.8) is 0 Å². The lowest BCUT2D eigenvalue weighted by atomic mass is 9.55. The quantitative estimate of drug-likeness (QED) is 0.167. The Morgan fingerprint density at radius 3 is 2.38 bits per heavy atom. The lowest BCUT2D eigenvalue weighted by molar-refractivity contribution is -0.127. The van der Waals surface area contributed by atoms with Gasteiger partial charge in [0, 0.05) is 35.8 Å². The fraction of sp³-hybridized carbons (Fsp3) is 0.528. The van der Waals surface area contributed by atoms with E-state index in [1.54, 1.807) is 6.92 Å². The monoisotopic (exact) mass is 613 g/mol. The molecule has 0 aliphatic heterocycles. The third-order valence-electron chi connectivity index (χ3n) is 10.2. The van der Waals surface area contributed by atoms with Crippen molar-refractivity contribution in [1.29, 1.82) is 0 Å². The predicted octanol–water partition coefficient (Wildman–Crippen LogP) is 5.32. The molecule has 3 amide bonds. The van der Waals surface area contributed by atoms with E-state index in [0.29, 0.717) is 31.2 Å². The summed E-state index contributed by atoms with van der Waals surface area (Å²) in [4.78, 5) is 43.2. The molecule has 4 saturated carbocycles. The summed E-state index contributed by atoms with van der Waals surface area (Å²) >= 11 is 0. The van der Waals surface area contributed by atoms with E-state index < -0.39 is 11.6 Å². The predicted molar refractivity (Wildman–Crippen MR) is 176 cm³/mol. The summed E-state index contributed by atoms with van der Waals surface area (Å²) in [7, 11) is 0. The van der Waals surface area contributed by atoms with Gasteiger partial charge in [0.1, 0.15) is 11.6 Å². The summed E-state index contributed by atoms with van der Waals surface area (Å²) < 4.78 is 6.16. The Hall–Kier alpha value is -3.85. The molecule has 1 atom stereocenters. The Kier molecular flexibility index (Phi) is 9.45. The summed E-state index contributed by atoms with van der Waals surface area (Å²) in [5.74, 6) is 2.05. The summed E-state index contributed by atoms with van der Waals surface area (Å²) in [6.45, 7) is 5.20. The minimum absolute atomic E-state index is 0.0675. The van der Waals surface area contributed by atoms with Crippen molar-refractivity contribution < 1.29 is 19.1 Å². The molecule has 240 valence electrons. The number of aromatic nitrogens is 1. The molecule has 9 heteroatoms. The number of amides is 3. The van der Waals surface area contributed by atoms with E-state index in [9.17, 15) is 14.4 Å². The highest BCUT2D eigenvalue weighted by Crippen LogP contribution is 2.54. The van der Waals surface area contributed by atoms with Crippen LogP contribution in [0.15, 0.2) is 54.7 Å². The first-order valence-electron chi connectivity index (χ1n) is 16.7. The third kappa shape index (κ3) is 7.19. The van der Waals surface area contributed by atoms with Crippen molar-refractivity contribution in [3.8, 4) is 0 Å². The number of para-hydroxylation sites is 2. The van der Waals surface area contributed by atoms with Crippen LogP contribution in [0.1, 0.15) is 63.5 Å². The van der Waals surface area contributed by atoms with Crippen LogP contribution < -0.4 is 21.3 Å². The molecule has 5 N–H and O–H groups in total.